The largest absolute Gasteiger partial charge is 0.157 e. The average Bonchev–Trinajstić information content (AvgIpc) is 2.59. The highest BCUT2D eigenvalue weighted by atomic mass is 79.9. The highest BCUT2D eigenvalue weighted by molar-refractivity contribution is 9.10. The van der Waals surface area contributed by atoms with E-state index < -0.39 is 0 Å². The van der Waals surface area contributed by atoms with Crippen LogP contribution >= 0.6 is 39.0 Å². The lowest BCUT2D eigenvalue weighted by Gasteiger charge is -1.91. The Morgan fingerprint density at radius 2 is 2.29 bits per heavy atom. The fourth-order valence-electron chi connectivity index (χ4n) is 1.35. The maximum absolute atomic E-state index is 3.58. The van der Waals surface area contributed by atoms with Crippen LogP contribution in [0, 0.1) is 0 Å². The molecule has 0 aliphatic heterocycles. The first-order valence-corrected chi connectivity index (χ1v) is 7.32. The number of hydrogen-bond donors (Lipinski definition) is 0. The molecule has 1 aromatic carbocycles. The van der Waals surface area contributed by atoms with Gasteiger partial charge in [-0.05, 0) is 24.0 Å². The summed E-state index contributed by atoms with van der Waals surface area (Å²) in [5, 5.41) is 1.35. The zero-order valence-electron chi connectivity index (χ0n) is 7.92. The van der Waals surface area contributed by atoms with Gasteiger partial charge in [0, 0.05) is 25.2 Å². The molecule has 0 radical (unpaired) electrons. The van der Waals surface area contributed by atoms with E-state index in [0.29, 0.717) is 0 Å². The molecule has 1 heterocycles. The fourth-order valence-corrected chi connectivity index (χ4v) is 3.82. The summed E-state index contributed by atoms with van der Waals surface area (Å²) in [5.41, 5.74) is 0. The summed E-state index contributed by atoms with van der Waals surface area (Å²) in [4.78, 5) is 1.47. The minimum atomic E-state index is 1.14. The monoisotopic (exact) mass is 286 g/mol. The van der Waals surface area contributed by atoms with E-state index in [1.807, 2.05) is 23.1 Å². The number of fused-ring (bicyclic) bond motifs is 1. The molecule has 14 heavy (non-hydrogen) atoms. The number of thiophene rings is 1. The molecular weight excluding hydrogens is 276 g/mol. The van der Waals surface area contributed by atoms with Crippen LogP contribution in [0.1, 0.15) is 11.8 Å². The van der Waals surface area contributed by atoms with Crippen LogP contribution in [-0.2, 0) is 5.75 Å². The number of thioether (sulfide) groups is 1. The lowest BCUT2D eigenvalue weighted by atomic mass is 10.2. The highest BCUT2D eigenvalue weighted by Crippen LogP contribution is 2.32. The summed E-state index contributed by atoms with van der Waals surface area (Å²) in [6.07, 6.45) is 0. The summed E-state index contributed by atoms with van der Waals surface area (Å²) in [6.45, 7) is 2.20. The molecule has 0 atom stereocenters. The Hall–Kier alpha value is 0.01000. The first kappa shape index (κ1) is 10.5. The van der Waals surface area contributed by atoms with Gasteiger partial charge in [-0.1, -0.05) is 28.9 Å². The fraction of sp³-hybridized carbons (Fsp3) is 0.273. The minimum absolute atomic E-state index is 1.14. The summed E-state index contributed by atoms with van der Waals surface area (Å²) < 4.78 is 2.59. The molecule has 0 nitrogen and oxygen atoms in total. The molecule has 2 rings (SSSR count). The molecule has 0 aliphatic rings. The van der Waals surface area contributed by atoms with Crippen LogP contribution in [0.5, 0.6) is 0 Å². The van der Waals surface area contributed by atoms with E-state index in [1.54, 1.807) is 0 Å². The molecule has 0 amide bonds. The lowest BCUT2D eigenvalue weighted by molar-refractivity contribution is 1.47. The van der Waals surface area contributed by atoms with Crippen molar-refractivity contribution < 1.29 is 0 Å². The first-order chi connectivity index (χ1) is 6.81. The average molecular weight is 287 g/mol. The van der Waals surface area contributed by atoms with Crippen LogP contribution < -0.4 is 0 Å². The molecule has 0 saturated carbocycles. The Balaban J connectivity index is 2.36. The van der Waals surface area contributed by atoms with Crippen molar-refractivity contribution in [1.29, 1.82) is 0 Å². The molecule has 0 saturated heterocycles. The van der Waals surface area contributed by atoms with Crippen molar-refractivity contribution in [1.82, 2.24) is 0 Å². The van der Waals surface area contributed by atoms with Crippen molar-refractivity contribution in [2.45, 2.75) is 12.7 Å². The number of rotatable bonds is 3. The molecule has 0 aliphatic carbocycles. The van der Waals surface area contributed by atoms with Crippen molar-refractivity contribution in [3.8, 4) is 0 Å². The summed E-state index contributed by atoms with van der Waals surface area (Å²) in [5.74, 6) is 2.33. The van der Waals surface area contributed by atoms with Gasteiger partial charge in [0.25, 0.3) is 0 Å². The van der Waals surface area contributed by atoms with Crippen LogP contribution in [0.2, 0.25) is 0 Å². The van der Waals surface area contributed by atoms with Crippen LogP contribution in [-0.4, -0.2) is 5.75 Å². The molecule has 2 aromatic rings. The van der Waals surface area contributed by atoms with E-state index in [2.05, 4.69) is 47.1 Å². The molecule has 0 fully saturated rings. The maximum Gasteiger partial charge on any atom is 0.0357 e. The van der Waals surface area contributed by atoms with E-state index in [1.165, 1.54) is 25.2 Å². The number of hydrogen-bond acceptors (Lipinski definition) is 2. The van der Waals surface area contributed by atoms with Gasteiger partial charge in [0.1, 0.15) is 0 Å². The third-order valence-electron chi connectivity index (χ3n) is 2.01. The Labute approximate surface area is 101 Å². The van der Waals surface area contributed by atoms with E-state index in [-0.39, 0.29) is 0 Å². The number of halogens is 1. The number of benzene rings is 1. The van der Waals surface area contributed by atoms with Gasteiger partial charge in [0.15, 0.2) is 0 Å². The minimum Gasteiger partial charge on any atom is -0.157 e. The summed E-state index contributed by atoms with van der Waals surface area (Å²) >= 11 is 7.46. The highest BCUT2D eigenvalue weighted by Gasteiger charge is 2.03. The standard InChI is InChI=1S/C11H11BrS2/c1-2-13-7-8-6-9-10(12)4-3-5-11(9)14-8/h3-6H,2,7H2,1H3. The summed E-state index contributed by atoms with van der Waals surface area (Å²) in [6, 6.07) is 8.68. The molecule has 0 N–H and O–H groups in total. The third kappa shape index (κ3) is 2.15. The smallest absolute Gasteiger partial charge is 0.0357 e. The Morgan fingerprint density at radius 3 is 3.00 bits per heavy atom. The van der Waals surface area contributed by atoms with Crippen LogP contribution in [0.15, 0.2) is 28.7 Å². The van der Waals surface area contributed by atoms with Crippen molar-refractivity contribution >= 4 is 49.1 Å². The van der Waals surface area contributed by atoms with E-state index in [0.717, 1.165) is 5.75 Å². The maximum atomic E-state index is 3.58. The van der Waals surface area contributed by atoms with Crippen molar-refractivity contribution in [3.63, 3.8) is 0 Å². The van der Waals surface area contributed by atoms with Gasteiger partial charge < -0.3 is 0 Å². The third-order valence-corrected chi connectivity index (χ3v) is 4.91. The van der Waals surface area contributed by atoms with Gasteiger partial charge in [-0.2, -0.15) is 11.8 Å². The van der Waals surface area contributed by atoms with Crippen molar-refractivity contribution in [2.24, 2.45) is 0 Å². The predicted molar refractivity (Wildman–Crippen MR) is 71.4 cm³/mol. The zero-order valence-corrected chi connectivity index (χ0v) is 11.1. The first-order valence-electron chi connectivity index (χ1n) is 4.56. The molecule has 0 bridgehead atoms. The van der Waals surface area contributed by atoms with Gasteiger partial charge in [0.05, 0.1) is 0 Å². The van der Waals surface area contributed by atoms with Crippen molar-refractivity contribution in [2.75, 3.05) is 5.75 Å². The van der Waals surface area contributed by atoms with E-state index >= 15 is 0 Å². The second-order valence-corrected chi connectivity index (χ2v) is 6.30. The predicted octanol–water partition coefficient (Wildman–Crippen LogP) is 4.92. The van der Waals surface area contributed by atoms with E-state index in [9.17, 15) is 0 Å². The SMILES string of the molecule is CCSCc1cc2c(Br)cccc2s1. The van der Waals surface area contributed by atoms with E-state index in [4.69, 9.17) is 0 Å². The quantitative estimate of drug-likeness (QED) is 0.772. The lowest BCUT2D eigenvalue weighted by Crippen LogP contribution is -1.72. The van der Waals surface area contributed by atoms with Gasteiger partial charge in [-0.15, -0.1) is 11.3 Å². The molecular formula is C11H11BrS2. The van der Waals surface area contributed by atoms with Crippen molar-refractivity contribution in [3.05, 3.63) is 33.6 Å². The molecule has 0 spiro atoms. The van der Waals surface area contributed by atoms with Crippen LogP contribution in [0.3, 0.4) is 0 Å². The summed E-state index contributed by atoms with van der Waals surface area (Å²) in [7, 11) is 0. The normalized spacial score (nSPS) is 11.0. The Bertz CT molecular complexity index is 434. The van der Waals surface area contributed by atoms with Gasteiger partial charge in [-0.3, -0.25) is 0 Å². The molecule has 3 heteroatoms. The Kier molecular flexibility index (Phi) is 3.52. The molecule has 0 unspecified atom stereocenters. The van der Waals surface area contributed by atoms with Gasteiger partial charge in [-0.25, -0.2) is 0 Å². The van der Waals surface area contributed by atoms with Crippen LogP contribution in [0.25, 0.3) is 10.1 Å². The second-order valence-electron chi connectivity index (χ2n) is 3.00. The second kappa shape index (κ2) is 4.69. The topological polar surface area (TPSA) is 0 Å². The molecule has 74 valence electrons. The van der Waals surface area contributed by atoms with Gasteiger partial charge in [0.2, 0.25) is 0 Å². The Morgan fingerprint density at radius 1 is 1.43 bits per heavy atom. The van der Waals surface area contributed by atoms with Crippen LogP contribution in [0.4, 0.5) is 0 Å². The molecule has 1 aromatic heterocycles. The van der Waals surface area contributed by atoms with Gasteiger partial charge >= 0.3 is 0 Å². The zero-order chi connectivity index (χ0) is 9.97.